The second-order valence-corrected chi connectivity index (χ2v) is 8.09. The third-order valence-corrected chi connectivity index (χ3v) is 6.04. The van der Waals surface area contributed by atoms with Crippen LogP contribution in [-0.4, -0.2) is 50.1 Å². The van der Waals surface area contributed by atoms with Crippen molar-refractivity contribution in [1.29, 1.82) is 0 Å². The molecular weight excluding hydrogens is 382 g/mol. The monoisotopic (exact) mass is 413 g/mol. The van der Waals surface area contributed by atoms with Crippen LogP contribution < -0.4 is 10.2 Å². The number of anilines is 1. The zero-order chi connectivity index (χ0) is 21.3. The van der Waals surface area contributed by atoms with Crippen molar-refractivity contribution in [3.63, 3.8) is 0 Å². The lowest BCUT2D eigenvalue weighted by atomic mass is 9.88. The van der Waals surface area contributed by atoms with E-state index in [0.717, 1.165) is 32.7 Å². The molecule has 0 radical (unpaired) electrons. The molecule has 31 heavy (non-hydrogen) atoms. The Hall–Kier alpha value is -3.11. The summed E-state index contributed by atoms with van der Waals surface area (Å²) in [5.74, 6) is 0.192. The summed E-state index contributed by atoms with van der Waals surface area (Å²) in [5.41, 5.74) is 3.66. The van der Waals surface area contributed by atoms with E-state index in [1.165, 1.54) is 16.8 Å². The smallest absolute Gasteiger partial charge is 0.220 e. The Morgan fingerprint density at radius 2 is 1.26 bits per heavy atom. The molecule has 4 nitrogen and oxygen atoms in total. The molecule has 0 bridgehead atoms. The number of piperazine rings is 1. The minimum absolute atomic E-state index is 0.0804. The van der Waals surface area contributed by atoms with E-state index in [-0.39, 0.29) is 11.8 Å². The SMILES string of the molecule is O=C(CC(c1ccccc1)c1ccccc1)NCCN1CCN(c2ccccc2)CC1. The van der Waals surface area contributed by atoms with Crippen LogP contribution in [0.15, 0.2) is 91.0 Å². The Morgan fingerprint density at radius 1 is 0.742 bits per heavy atom. The maximum Gasteiger partial charge on any atom is 0.220 e. The molecule has 0 aliphatic carbocycles. The second kappa shape index (κ2) is 10.8. The Labute approximate surface area is 185 Å². The molecule has 0 unspecified atom stereocenters. The number of carbonyl (C=O) groups is 1. The first kappa shape index (κ1) is 21.1. The van der Waals surface area contributed by atoms with Crippen LogP contribution in [0.4, 0.5) is 5.69 Å². The predicted octanol–water partition coefficient (Wildman–Crippen LogP) is 4.15. The topological polar surface area (TPSA) is 35.6 Å². The molecule has 1 aliphatic rings. The molecule has 0 atom stereocenters. The third kappa shape index (κ3) is 5.96. The van der Waals surface area contributed by atoms with Crippen molar-refractivity contribution in [1.82, 2.24) is 10.2 Å². The van der Waals surface area contributed by atoms with Crippen LogP contribution in [0.3, 0.4) is 0 Å². The molecule has 1 aliphatic heterocycles. The molecule has 0 spiro atoms. The van der Waals surface area contributed by atoms with Gasteiger partial charge in [0.1, 0.15) is 0 Å². The largest absolute Gasteiger partial charge is 0.369 e. The molecule has 4 heteroatoms. The van der Waals surface area contributed by atoms with Gasteiger partial charge in [0.25, 0.3) is 0 Å². The van der Waals surface area contributed by atoms with Crippen LogP contribution in [0, 0.1) is 0 Å². The van der Waals surface area contributed by atoms with Gasteiger partial charge in [-0.05, 0) is 23.3 Å². The van der Waals surface area contributed by atoms with E-state index >= 15 is 0 Å². The Morgan fingerprint density at radius 3 is 1.81 bits per heavy atom. The molecule has 3 aromatic carbocycles. The van der Waals surface area contributed by atoms with Crippen molar-refractivity contribution in [2.45, 2.75) is 12.3 Å². The number of hydrogen-bond acceptors (Lipinski definition) is 3. The van der Waals surface area contributed by atoms with Gasteiger partial charge in [-0.25, -0.2) is 0 Å². The lowest BCUT2D eigenvalue weighted by Gasteiger charge is -2.36. The Kier molecular flexibility index (Phi) is 7.35. The number of amides is 1. The molecule has 1 amide bonds. The van der Waals surface area contributed by atoms with E-state index in [2.05, 4.69) is 69.7 Å². The van der Waals surface area contributed by atoms with Crippen LogP contribution in [0.5, 0.6) is 0 Å². The van der Waals surface area contributed by atoms with Crippen molar-refractivity contribution in [3.05, 3.63) is 102 Å². The molecule has 1 heterocycles. The van der Waals surface area contributed by atoms with Gasteiger partial charge in [-0.15, -0.1) is 0 Å². The number of nitrogens with one attached hydrogen (secondary N) is 1. The van der Waals surface area contributed by atoms with Crippen LogP contribution in [0.2, 0.25) is 0 Å². The molecule has 3 aromatic rings. The number of nitrogens with zero attached hydrogens (tertiary/aromatic N) is 2. The molecular formula is C27H31N3O. The molecule has 0 aromatic heterocycles. The van der Waals surface area contributed by atoms with Crippen molar-refractivity contribution in [2.24, 2.45) is 0 Å². The quantitative estimate of drug-likeness (QED) is 0.603. The van der Waals surface area contributed by atoms with E-state index in [1.807, 2.05) is 36.4 Å². The predicted molar refractivity (Wildman–Crippen MR) is 127 cm³/mol. The van der Waals surface area contributed by atoms with Crippen LogP contribution in [0.25, 0.3) is 0 Å². The van der Waals surface area contributed by atoms with Gasteiger partial charge in [-0.3, -0.25) is 9.69 Å². The first-order valence-electron chi connectivity index (χ1n) is 11.2. The average molecular weight is 414 g/mol. The summed E-state index contributed by atoms with van der Waals surface area (Å²) >= 11 is 0. The highest BCUT2D eigenvalue weighted by atomic mass is 16.1. The van der Waals surface area contributed by atoms with Gasteiger partial charge < -0.3 is 10.2 Å². The van der Waals surface area contributed by atoms with Crippen molar-refractivity contribution in [2.75, 3.05) is 44.2 Å². The van der Waals surface area contributed by atoms with Crippen LogP contribution in [0.1, 0.15) is 23.5 Å². The summed E-state index contributed by atoms with van der Waals surface area (Å²) in [7, 11) is 0. The second-order valence-electron chi connectivity index (χ2n) is 8.09. The van der Waals surface area contributed by atoms with Gasteiger partial charge in [-0.1, -0.05) is 78.9 Å². The summed E-state index contributed by atoms with van der Waals surface area (Å²) in [6, 6.07) is 31.2. The average Bonchev–Trinajstić information content (AvgIpc) is 2.85. The number of rotatable bonds is 8. The number of para-hydroxylation sites is 1. The van der Waals surface area contributed by atoms with Gasteiger partial charge in [-0.2, -0.15) is 0 Å². The normalized spacial score (nSPS) is 14.5. The van der Waals surface area contributed by atoms with Crippen molar-refractivity contribution >= 4 is 11.6 Å². The fourth-order valence-corrected chi connectivity index (χ4v) is 4.28. The molecule has 0 saturated carbocycles. The summed E-state index contributed by atoms with van der Waals surface area (Å²) in [5, 5.41) is 3.15. The first-order valence-corrected chi connectivity index (χ1v) is 11.2. The van der Waals surface area contributed by atoms with Crippen LogP contribution in [-0.2, 0) is 4.79 Å². The minimum Gasteiger partial charge on any atom is -0.369 e. The lowest BCUT2D eigenvalue weighted by molar-refractivity contribution is -0.121. The standard InChI is InChI=1S/C27H31N3O/c31-27(22-26(23-10-4-1-5-11-23)24-12-6-2-7-13-24)28-16-17-29-18-20-30(21-19-29)25-14-8-3-9-15-25/h1-15,26H,16-22H2,(H,28,31). The van der Waals surface area contributed by atoms with Crippen molar-refractivity contribution < 1.29 is 4.79 Å². The van der Waals surface area contributed by atoms with Gasteiger partial charge in [0.15, 0.2) is 0 Å². The van der Waals surface area contributed by atoms with Gasteiger partial charge in [0.05, 0.1) is 0 Å². The Balaban J connectivity index is 1.25. The summed E-state index contributed by atoms with van der Waals surface area (Å²) in [6.45, 7) is 5.71. The molecule has 4 rings (SSSR count). The Bertz CT molecular complexity index is 883. The van der Waals surface area contributed by atoms with E-state index < -0.39 is 0 Å². The summed E-state index contributed by atoms with van der Waals surface area (Å²) < 4.78 is 0. The first-order chi connectivity index (χ1) is 15.3. The lowest BCUT2D eigenvalue weighted by Crippen LogP contribution is -2.48. The maximum absolute atomic E-state index is 12.7. The van der Waals surface area contributed by atoms with Gasteiger partial charge in [0, 0.05) is 57.3 Å². The van der Waals surface area contributed by atoms with Crippen molar-refractivity contribution in [3.8, 4) is 0 Å². The summed E-state index contributed by atoms with van der Waals surface area (Å²) in [6.07, 6.45) is 0.468. The highest BCUT2D eigenvalue weighted by molar-refractivity contribution is 5.77. The van der Waals surface area contributed by atoms with Gasteiger partial charge >= 0.3 is 0 Å². The van der Waals surface area contributed by atoms with E-state index in [0.29, 0.717) is 13.0 Å². The van der Waals surface area contributed by atoms with Gasteiger partial charge in [0.2, 0.25) is 5.91 Å². The van der Waals surface area contributed by atoms with E-state index in [1.54, 1.807) is 0 Å². The highest BCUT2D eigenvalue weighted by Gasteiger charge is 2.19. The zero-order valence-corrected chi connectivity index (χ0v) is 18.0. The van der Waals surface area contributed by atoms with Crippen LogP contribution >= 0.6 is 0 Å². The number of hydrogen-bond donors (Lipinski definition) is 1. The zero-order valence-electron chi connectivity index (χ0n) is 18.0. The number of benzene rings is 3. The summed E-state index contributed by atoms with van der Waals surface area (Å²) in [4.78, 5) is 17.6. The van der Waals surface area contributed by atoms with E-state index in [9.17, 15) is 4.79 Å². The highest BCUT2D eigenvalue weighted by Crippen LogP contribution is 2.27. The number of carbonyl (C=O) groups excluding carboxylic acids is 1. The molecule has 160 valence electrons. The van der Waals surface area contributed by atoms with E-state index in [4.69, 9.17) is 0 Å². The fraction of sp³-hybridized carbons (Fsp3) is 0.296. The molecule has 1 saturated heterocycles. The third-order valence-electron chi connectivity index (χ3n) is 6.04. The fourth-order valence-electron chi connectivity index (χ4n) is 4.28. The minimum atomic E-state index is 0.0804. The molecule has 1 N–H and O–H groups in total. The molecule has 1 fully saturated rings. The maximum atomic E-state index is 12.7.